The number of rotatable bonds is 4. The van der Waals surface area contributed by atoms with E-state index in [1.807, 2.05) is 4.90 Å². The van der Waals surface area contributed by atoms with Crippen molar-refractivity contribution in [2.45, 2.75) is 18.9 Å². The minimum absolute atomic E-state index is 0.0245. The van der Waals surface area contributed by atoms with Crippen molar-refractivity contribution in [2.75, 3.05) is 18.0 Å². The molecule has 2 aromatic rings. The van der Waals surface area contributed by atoms with E-state index in [-0.39, 0.29) is 17.7 Å². The van der Waals surface area contributed by atoms with Gasteiger partial charge in [-0.3, -0.25) is 0 Å². The number of anilines is 1. The van der Waals surface area contributed by atoms with Gasteiger partial charge < -0.3 is 14.7 Å². The molecule has 3 heterocycles. The molecule has 1 saturated heterocycles. The van der Waals surface area contributed by atoms with Crippen molar-refractivity contribution in [1.29, 1.82) is 0 Å². The molecule has 7 heteroatoms. The molecule has 0 amide bonds. The van der Waals surface area contributed by atoms with E-state index in [9.17, 15) is 9.18 Å². The number of carboxylic acid groups (broad SMARTS) is 1. The standard InChI is InChI=1S/C16H16FN3O3/c17-12-3-2-8-18-15(12)23-11-6-9-20(10-7-11)14-5-1-4-13(19-14)16(21)22/h1-5,8,11H,6-7,9-10H2,(H,21,22). The third-order valence-electron chi connectivity index (χ3n) is 3.72. The van der Waals surface area contributed by atoms with Gasteiger partial charge >= 0.3 is 5.97 Å². The van der Waals surface area contributed by atoms with E-state index in [1.165, 1.54) is 24.4 Å². The Bertz CT molecular complexity index is 702. The van der Waals surface area contributed by atoms with Gasteiger partial charge in [0.15, 0.2) is 11.5 Å². The minimum Gasteiger partial charge on any atom is -0.477 e. The van der Waals surface area contributed by atoms with Gasteiger partial charge in [0.1, 0.15) is 11.9 Å². The average molecular weight is 317 g/mol. The largest absolute Gasteiger partial charge is 0.477 e. The number of aromatic carboxylic acids is 1. The molecule has 0 spiro atoms. The second-order valence-corrected chi connectivity index (χ2v) is 5.28. The van der Waals surface area contributed by atoms with Crippen molar-refractivity contribution in [3.8, 4) is 5.88 Å². The Hall–Kier alpha value is -2.70. The van der Waals surface area contributed by atoms with Crippen LogP contribution in [0.3, 0.4) is 0 Å². The van der Waals surface area contributed by atoms with Crippen LogP contribution in [0, 0.1) is 5.82 Å². The van der Waals surface area contributed by atoms with Crippen LogP contribution in [0.1, 0.15) is 23.3 Å². The van der Waals surface area contributed by atoms with Crippen molar-refractivity contribution in [3.05, 3.63) is 48.0 Å². The van der Waals surface area contributed by atoms with Crippen molar-refractivity contribution in [1.82, 2.24) is 9.97 Å². The van der Waals surface area contributed by atoms with E-state index < -0.39 is 11.8 Å². The fraction of sp³-hybridized carbons (Fsp3) is 0.312. The molecule has 0 bridgehead atoms. The van der Waals surface area contributed by atoms with E-state index >= 15 is 0 Å². The van der Waals surface area contributed by atoms with Gasteiger partial charge in [0.25, 0.3) is 5.88 Å². The number of ether oxygens (including phenoxy) is 1. The van der Waals surface area contributed by atoms with E-state index in [0.29, 0.717) is 31.7 Å². The number of piperidine rings is 1. The summed E-state index contributed by atoms with van der Waals surface area (Å²) in [6.45, 7) is 1.32. The molecule has 0 saturated carbocycles. The quantitative estimate of drug-likeness (QED) is 0.933. The first-order valence-electron chi connectivity index (χ1n) is 7.36. The third kappa shape index (κ3) is 3.56. The van der Waals surface area contributed by atoms with Crippen molar-refractivity contribution in [3.63, 3.8) is 0 Å². The van der Waals surface area contributed by atoms with Crippen molar-refractivity contribution in [2.24, 2.45) is 0 Å². The first-order chi connectivity index (χ1) is 11.1. The Morgan fingerprint density at radius 1 is 1.26 bits per heavy atom. The second-order valence-electron chi connectivity index (χ2n) is 5.28. The van der Waals surface area contributed by atoms with Gasteiger partial charge in [0.05, 0.1) is 0 Å². The molecule has 1 N–H and O–H groups in total. The molecule has 1 aliphatic rings. The lowest BCUT2D eigenvalue weighted by Gasteiger charge is -2.32. The number of carboxylic acids is 1. The molecule has 6 nitrogen and oxygen atoms in total. The summed E-state index contributed by atoms with van der Waals surface area (Å²) in [4.78, 5) is 21.0. The lowest BCUT2D eigenvalue weighted by Crippen LogP contribution is -2.39. The Kier molecular flexibility index (Phi) is 4.36. The number of hydrogen-bond donors (Lipinski definition) is 1. The Morgan fingerprint density at radius 2 is 2.04 bits per heavy atom. The summed E-state index contributed by atoms with van der Waals surface area (Å²) in [5.74, 6) is -0.856. The summed E-state index contributed by atoms with van der Waals surface area (Å²) >= 11 is 0. The average Bonchev–Trinajstić information content (AvgIpc) is 2.58. The van der Waals surface area contributed by atoms with Gasteiger partial charge in [-0.15, -0.1) is 0 Å². The van der Waals surface area contributed by atoms with Gasteiger partial charge in [-0.1, -0.05) is 6.07 Å². The molecule has 0 aliphatic carbocycles. The Balaban J connectivity index is 1.61. The van der Waals surface area contributed by atoms with Gasteiger partial charge in [0.2, 0.25) is 0 Å². The molecule has 0 aromatic carbocycles. The molecule has 0 atom stereocenters. The van der Waals surface area contributed by atoms with Gasteiger partial charge in [-0.25, -0.2) is 19.2 Å². The van der Waals surface area contributed by atoms with Crippen LogP contribution in [0.2, 0.25) is 0 Å². The number of halogens is 1. The summed E-state index contributed by atoms with van der Waals surface area (Å²) in [7, 11) is 0. The van der Waals surface area contributed by atoms with Crippen LogP contribution < -0.4 is 9.64 Å². The predicted molar refractivity (Wildman–Crippen MR) is 81.3 cm³/mol. The smallest absolute Gasteiger partial charge is 0.354 e. The van der Waals surface area contributed by atoms with Crippen LogP contribution in [0.4, 0.5) is 10.2 Å². The van der Waals surface area contributed by atoms with Crippen LogP contribution in [0.25, 0.3) is 0 Å². The van der Waals surface area contributed by atoms with Crippen LogP contribution in [-0.4, -0.2) is 40.2 Å². The molecule has 120 valence electrons. The van der Waals surface area contributed by atoms with Crippen LogP contribution in [0.5, 0.6) is 5.88 Å². The number of hydrogen-bond acceptors (Lipinski definition) is 5. The number of carbonyl (C=O) groups is 1. The first-order valence-corrected chi connectivity index (χ1v) is 7.36. The number of aromatic nitrogens is 2. The maximum absolute atomic E-state index is 13.5. The fourth-order valence-corrected chi connectivity index (χ4v) is 2.54. The molecular weight excluding hydrogens is 301 g/mol. The lowest BCUT2D eigenvalue weighted by atomic mass is 10.1. The highest BCUT2D eigenvalue weighted by Crippen LogP contribution is 2.22. The SMILES string of the molecule is O=C(O)c1cccc(N2CCC(Oc3ncccc3F)CC2)n1. The maximum atomic E-state index is 13.5. The number of pyridine rings is 2. The lowest BCUT2D eigenvalue weighted by molar-refractivity contribution is 0.0690. The monoisotopic (exact) mass is 317 g/mol. The predicted octanol–water partition coefficient (Wildman–Crippen LogP) is 2.36. The molecule has 1 fully saturated rings. The molecule has 0 unspecified atom stereocenters. The van der Waals surface area contributed by atoms with E-state index in [0.717, 1.165) is 0 Å². The molecule has 23 heavy (non-hydrogen) atoms. The molecule has 1 aliphatic heterocycles. The van der Waals surface area contributed by atoms with Crippen LogP contribution in [0.15, 0.2) is 36.5 Å². The van der Waals surface area contributed by atoms with E-state index in [2.05, 4.69) is 9.97 Å². The Labute approximate surface area is 132 Å². The first kappa shape index (κ1) is 15.2. The maximum Gasteiger partial charge on any atom is 0.354 e. The second kappa shape index (κ2) is 6.60. The van der Waals surface area contributed by atoms with Gasteiger partial charge in [-0.2, -0.15) is 0 Å². The third-order valence-corrected chi connectivity index (χ3v) is 3.72. The van der Waals surface area contributed by atoms with Gasteiger partial charge in [0, 0.05) is 32.1 Å². The van der Waals surface area contributed by atoms with E-state index in [1.54, 1.807) is 12.1 Å². The Morgan fingerprint density at radius 3 is 2.74 bits per heavy atom. The van der Waals surface area contributed by atoms with Crippen LogP contribution in [-0.2, 0) is 0 Å². The summed E-state index contributed by atoms with van der Waals surface area (Å²) in [6, 6.07) is 7.76. The van der Waals surface area contributed by atoms with Crippen LogP contribution >= 0.6 is 0 Å². The highest BCUT2D eigenvalue weighted by atomic mass is 19.1. The molecule has 2 aromatic heterocycles. The normalized spacial score (nSPS) is 15.4. The molecule has 3 rings (SSSR count). The van der Waals surface area contributed by atoms with E-state index in [4.69, 9.17) is 9.84 Å². The summed E-state index contributed by atoms with van der Waals surface area (Å²) in [5.41, 5.74) is 0.0245. The zero-order valence-corrected chi connectivity index (χ0v) is 12.4. The minimum atomic E-state index is -1.05. The van der Waals surface area contributed by atoms with Crippen molar-refractivity contribution >= 4 is 11.8 Å². The van der Waals surface area contributed by atoms with Gasteiger partial charge in [-0.05, 0) is 24.3 Å². The summed E-state index contributed by atoms with van der Waals surface area (Å²) < 4.78 is 19.1. The number of nitrogens with zero attached hydrogens (tertiary/aromatic N) is 3. The zero-order chi connectivity index (χ0) is 16.2. The topological polar surface area (TPSA) is 75.5 Å². The molecular formula is C16H16FN3O3. The fourth-order valence-electron chi connectivity index (χ4n) is 2.54. The zero-order valence-electron chi connectivity index (χ0n) is 12.4. The summed E-state index contributed by atoms with van der Waals surface area (Å²) in [6.07, 6.45) is 2.76. The highest BCUT2D eigenvalue weighted by Gasteiger charge is 2.23. The summed E-state index contributed by atoms with van der Waals surface area (Å²) in [5, 5.41) is 9.00. The molecule has 0 radical (unpaired) electrons. The highest BCUT2D eigenvalue weighted by molar-refractivity contribution is 5.85. The van der Waals surface area contributed by atoms with Crippen molar-refractivity contribution < 1.29 is 19.0 Å².